The minimum Gasteiger partial charge on any atom is -0.496 e. The molecule has 0 radical (unpaired) electrons. The highest BCUT2D eigenvalue weighted by Crippen LogP contribution is 2.26. The quantitative estimate of drug-likeness (QED) is 0.626. The van der Waals surface area contributed by atoms with Gasteiger partial charge in [0.2, 0.25) is 0 Å². The number of hydrogen-bond donors (Lipinski definition) is 1. The minimum absolute atomic E-state index is 0.230. The van der Waals surface area contributed by atoms with Crippen LogP contribution in [-0.2, 0) is 14.3 Å². The summed E-state index contributed by atoms with van der Waals surface area (Å²) in [7, 11) is 2.74. The molecule has 1 amide bonds. The number of esters is 2. The van der Waals surface area contributed by atoms with Crippen molar-refractivity contribution >= 4 is 34.3 Å². The molecule has 1 N–H and O–H groups in total. The molecule has 0 fully saturated rings. The molecular weight excluding hydrogens is 386 g/mol. The number of aryl methyl sites for hydroxylation is 1. The third-order valence-electron chi connectivity index (χ3n) is 4.55. The Morgan fingerprint density at radius 2 is 1.60 bits per heavy atom. The van der Waals surface area contributed by atoms with Crippen LogP contribution in [0, 0.1) is 6.92 Å². The lowest BCUT2D eigenvalue weighted by Gasteiger charge is -2.12. The third kappa shape index (κ3) is 4.57. The Morgan fingerprint density at radius 3 is 2.27 bits per heavy atom. The fourth-order valence-electron chi connectivity index (χ4n) is 2.94. The van der Waals surface area contributed by atoms with Gasteiger partial charge in [0, 0.05) is 5.69 Å². The summed E-state index contributed by atoms with van der Waals surface area (Å²) in [5.41, 5.74) is 1.71. The Bertz CT molecular complexity index is 1120. The van der Waals surface area contributed by atoms with E-state index in [-0.39, 0.29) is 5.56 Å². The number of amides is 1. The maximum absolute atomic E-state index is 12.5. The molecule has 154 valence electrons. The van der Waals surface area contributed by atoms with E-state index in [1.54, 1.807) is 31.2 Å². The van der Waals surface area contributed by atoms with Crippen molar-refractivity contribution in [3.8, 4) is 5.75 Å². The number of carbonyl (C=O) groups is 3. The van der Waals surface area contributed by atoms with E-state index in [0.29, 0.717) is 17.0 Å². The van der Waals surface area contributed by atoms with Crippen molar-refractivity contribution in [1.29, 1.82) is 0 Å². The summed E-state index contributed by atoms with van der Waals surface area (Å²) in [6.45, 7) is 1.29. The predicted molar refractivity (Wildman–Crippen MR) is 112 cm³/mol. The Kier molecular flexibility index (Phi) is 6.32. The fraction of sp³-hybridized carbons (Fsp3) is 0.174. The summed E-state index contributed by atoms with van der Waals surface area (Å²) in [5, 5.41) is 4.41. The first-order valence-electron chi connectivity index (χ1n) is 9.15. The number of anilines is 1. The number of nitrogens with one attached hydrogen (secondary N) is 1. The molecule has 3 rings (SSSR count). The van der Waals surface area contributed by atoms with Crippen LogP contribution in [-0.4, -0.2) is 38.7 Å². The molecular formula is C23H21NO6. The Balaban J connectivity index is 1.70. The smallest absolute Gasteiger partial charge is 0.342 e. The number of methoxy groups -OCH3 is 2. The molecule has 0 saturated heterocycles. The zero-order valence-corrected chi connectivity index (χ0v) is 16.9. The van der Waals surface area contributed by atoms with Gasteiger partial charge in [-0.3, -0.25) is 4.79 Å². The second-order valence-corrected chi connectivity index (χ2v) is 6.55. The molecule has 3 aromatic rings. The average molecular weight is 407 g/mol. The van der Waals surface area contributed by atoms with Crippen molar-refractivity contribution in [2.24, 2.45) is 0 Å². The van der Waals surface area contributed by atoms with E-state index in [0.717, 1.165) is 16.3 Å². The Labute approximate surface area is 173 Å². The molecule has 0 heterocycles. The third-order valence-corrected chi connectivity index (χ3v) is 4.55. The number of fused-ring (bicyclic) bond motifs is 1. The fourth-order valence-corrected chi connectivity index (χ4v) is 2.94. The van der Waals surface area contributed by atoms with Gasteiger partial charge in [-0.1, -0.05) is 30.3 Å². The minimum atomic E-state index is -0.673. The zero-order chi connectivity index (χ0) is 21.7. The van der Waals surface area contributed by atoms with Gasteiger partial charge in [-0.05, 0) is 47.5 Å². The van der Waals surface area contributed by atoms with Crippen LogP contribution < -0.4 is 10.1 Å². The summed E-state index contributed by atoms with van der Waals surface area (Å²) in [6.07, 6.45) is 0. The topological polar surface area (TPSA) is 90.9 Å². The van der Waals surface area contributed by atoms with Gasteiger partial charge in [-0.2, -0.15) is 0 Å². The molecule has 0 bridgehead atoms. The van der Waals surface area contributed by atoms with Crippen LogP contribution in [0.4, 0.5) is 5.69 Å². The number of benzene rings is 3. The molecule has 0 atom stereocenters. The molecule has 3 aromatic carbocycles. The van der Waals surface area contributed by atoms with Crippen LogP contribution in [0.15, 0.2) is 54.6 Å². The van der Waals surface area contributed by atoms with Gasteiger partial charge in [0.05, 0.1) is 19.8 Å². The van der Waals surface area contributed by atoms with E-state index in [4.69, 9.17) is 9.47 Å². The van der Waals surface area contributed by atoms with Crippen molar-refractivity contribution < 1.29 is 28.6 Å². The maximum Gasteiger partial charge on any atom is 0.342 e. The van der Waals surface area contributed by atoms with E-state index in [1.807, 2.05) is 24.3 Å². The second kappa shape index (κ2) is 9.09. The molecule has 0 aliphatic rings. The monoisotopic (exact) mass is 407 g/mol. The van der Waals surface area contributed by atoms with Gasteiger partial charge in [-0.15, -0.1) is 0 Å². The van der Waals surface area contributed by atoms with Crippen LogP contribution in [0.2, 0.25) is 0 Å². The summed E-state index contributed by atoms with van der Waals surface area (Å²) < 4.78 is 15.1. The van der Waals surface area contributed by atoms with E-state index in [9.17, 15) is 14.4 Å². The number of hydrogen-bond acceptors (Lipinski definition) is 6. The van der Waals surface area contributed by atoms with E-state index < -0.39 is 24.5 Å². The van der Waals surface area contributed by atoms with E-state index in [2.05, 4.69) is 10.1 Å². The van der Waals surface area contributed by atoms with E-state index >= 15 is 0 Å². The van der Waals surface area contributed by atoms with Crippen molar-refractivity contribution in [2.45, 2.75) is 6.92 Å². The van der Waals surface area contributed by atoms with E-state index in [1.165, 1.54) is 20.3 Å². The van der Waals surface area contributed by atoms with Crippen LogP contribution >= 0.6 is 0 Å². The molecule has 0 spiro atoms. The summed E-state index contributed by atoms with van der Waals surface area (Å²) in [5.74, 6) is -1.36. The van der Waals surface area contributed by atoms with Crippen LogP contribution in [0.25, 0.3) is 10.8 Å². The molecule has 7 heteroatoms. The van der Waals surface area contributed by atoms with Gasteiger partial charge < -0.3 is 19.5 Å². The highest BCUT2D eigenvalue weighted by atomic mass is 16.5. The zero-order valence-electron chi connectivity index (χ0n) is 16.9. The second-order valence-electron chi connectivity index (χ2n) is 6.55. The lowest BCUT2D eigenvalue weighted by atomic mass is 10.1. The van der Waals surface area contributed by atoms with Crippen molar-refractivity contribution in [3.63, 3.8) is 0 Å². The average Bonchev–Trinajstić information content (AvgIpc) is 2.77. The highest BCUT2D eigenvalue weighted by molar-refractivity contribution is 6.01. The van der Waals surface area contributed by atoms with Crippen LogP contribution in [0.1, 0.15) is 26.3 Å². The number of rotatable bonds is 6. The van der Waals surface area contributed by atoms with Crippen molar-refractivity contribution in [3.05, 3.63) is 71.3 Å². The summed E-state index contributed by atoms with van der Waals surface area (Å²) in [6, 6.07) is 15.7. The van der Waals surface area contributed by atoms with Crippen molar-refractivity contribution in [2.75, 3.05) is 26.1 Å². The maximum atomic E-state index is 12.5. The molecule has 0 aromatic heterocycles. The predicted octanol–water partition coefficient (Wildman–Crippen LogP) is 3.74. The molecule has 30 heavy (non-hydrogen) atoms. The van der Waals surface area contributed by atoms with Gasteiger partial charge >= 0.3 is 11.9 Å². The normalized spacial score (nSPS) is 10.4. The number of ether oxygens (including phenoxy) is 3. The molecule has 0 aliphatic carbocycles. The molecule has 0 unspecified atom stereocenters. The lowest BCUT2D eigenvalue weighted by molar-refractivity contribution is -0.119. The largest absolute Gasteiger partial charge is 0.496 e. The van der Waals surface area contributed by atoms with Gasteiger partial charge in [0.25, 0.3) is 5.91 Å². The van der Waals surface area contributed by atoms with Crippen LogP contribution in [0.5, 0.6) is 5.75 Å². The van der Waals surface area contributed by atoms with Crippen molar-refractivity contribution in [1.82, 2.24) is 0 Å². The first kappa shape index (κ1) is 20.9. The highest BCUT2D eigenvalue weighted by Gasteiger charge is 2.17. The molecule has 0 aliphatic heterocycles. The standard InChI is InChI=1S/C23H21NO6/c1-14-8-9-17(22(26)29-3)11-19(14)24-21(25)13-30-23(27)18-10-15-6-4-5-7-16(15)12-20(18)28-2/h4-12H,13H2,1-3H3,(H,24,25). The van der Waals surface area contributed by atoms with Gasteiger partial charge in [0.1, 0.15) is 11.3 Å². The first-order valence-corrected chi connectivity index (χ1v) is 9.15. The summed E-state index contributed by atoms with van der Waals surface area (Å²) in [4.78, 5) is 36.5. The Morgan fingerprint density at radius 1 is 0.900 bits per heavy atom. The lowest BCUT2D eigenvalue weighted by Crippen LogP contribution is -2.22. The first-order chi connectivity index (χ1) is 14.4. The molecule has 7 nitrogen and oxygen atoms in total. The number of carbonyl (C=O) groups excluding carboxylic acids is 3. The van der Waals surface area contributed by atoms with Gasteiger partial charge in [0.15, 0.2) is 6.61 Å². The molecule has 0 saturated carbocycles. The van der Waals surface area contributed by atoms with Gasteiger partial charge in [-0.25, -0.2) is 9.59 Å². The SMILES string of the molecule is COC(=O)c1ccc(C)c(NC(=O)COC(=O)c2cc3ccccc3cc2OC)c1. The Hall–Kier alpha value is -3.87. The summed E-state index contributed by atoms with van der Waals surface area (Å²) >= 11 is 0. The van der Waals surface area contributed by atoms with Crippen LogP contribution in [0.3, 0.4) is 0 Å².